The summed E-state index contributed by atoms with van der Waals surface area (Å²) in [6.45, 7) is 6.43. The molecule has 0 saturated carbocycles. The van der Waals surface area contributed by atoms with Crippen molar-refractivity contribution in [2.45, 2.75) is 33.2 Å². The zero-order chi connectivity index (χ0) is 15.2. The number of H-pyrrole nitrogens is 1. The van der Waals surface area contributed by atoms with Crippen molar-refractivity contribution in [2.75, 3.05) is 6.61 Å². The zero-order valence-electron chi connectivity index (χ0n) is 12.6. The molecule has 0 spiro atoms. The molecular weight excluding hydrogens is 266 g/mol. The van der Waals surface area contributed by atoms with Gasteiger partial charge in [0.1, 0.15) is 11.6 Å². The van der Waals surface area contributed by atoms with Crippen molar-refractivity contribution >= 4 is 5.91 Å². The fraction of sp³-hybridized carbons (Fsp3) is 0.375. The monoisotopic (exact) mass is 287 g/mol. The third-order valence-corrected chi connectivity index (χ3v) is 3.11. The van der Waals surface area contributed by atoms with Crippen LogP contribution in [0.15, 0.2) is 30.5 Å². The summed E-state index contributed by atoms with van der Waals surface area (Å²) in [5.41, 5.74) is 1.94. The van der Waals surface area contributed by atoms with Crippen molar-refractivity contribution in [1.29, 1.82) is 0 Å². The number of aromatic amines is 1. The van der Waals surface area contributed by atoms with Gasteiger partial charge in [0.05, 0.1) is 19.1 Å². The van der Waals surface area contributed by atoms with Crippen LogP contribution in [-0.2, 0) is 11.2 Å². The summed E-state index contributed by atoms with van der Waals surface area (Å²) in [5.74, 6) is 1.56. The Kier molecular flexibility index (Phi) is 4.98. The lowest BCUT2D eigenvalue weighted by atomic mass is 10.1. The van der Waals surface area contributed by atoms with E-state index in [9.17, 15) is 4.79 Å². The highest BCUT2D eigenvalue weighted by atomic mass is 16.5. The number of carbonyl (C=O) groups excluding carboxylic acids is 1. The first-order valence-corrected chi connectivity index (χ1v) is 7.11. The van der Waals surface area contributed by atoms with E-state index in [1.807, 2.05) is 45.0 Å². The van der Waals surface area contributed by atoms with Crippen molar-refractivity contribution in [3.05, 3.63) is 47.5 Å². The number of carbonyl (C=O) groups is 1. The van der Waals surface area contributed by atoms with E-state index in [0.29, 0.717) is 13.0 Å². The SMILES string of the molecule is CCOc1ccc(CC(=O)N[C@@H](C)c2ncc(C)[nH]2)cc1. The minimum Gasteiger partial charge on any atom is -0.494 e. The number of aryl methyl sites for hydroxylation is 1. The molecule has 0 radical (unpaired) electrons. The van der Waals surface area contributed by atoms with Gasteiger partial charge in [-0.3, -0.25) is 4.79 Å². The molecule has 1 atom stereocenters. The van der Waals surface area contributed by atoms with E-state index in [4.69, 9.17) is 4.74 Å². The van der Waals surface area contributed by atoms with Gasteiger partial charge in [-0.05, 0) is 38.5 Å². The molecule has 0 bridgehead atoms. The number of ether oxygens (including phenoxy) is 1. The fourth-order valence-corrected chi connectivity index (χ4v) is 2.07. The third-order valence-electron chi connectivity index (χ3n) is 3.11. The van der Waals surface area contributed by atoms with E-state index in [2.05, 4.69) is 15.3 Å². The smallest absolute Gasteiger partial charge is 0.224 e. The molecule has 2 aromatic rings. The maximum absolute atomic E-state index is 12.0. The molecule has 112 valence electrons. The average Bonchev–Trinajstić information content (AvgIpc) is 2.88. The highest BCUT2D eigenvalue weighted by Crippen LogP contribution is 2.13. The number of hydrogen-bond acceptors (Lipinski definition) is 3. The number of imidazole rings is 1. The van der Waals surface area contributed by atoms with Crippen LogP contribution in [0.1, 0.15) is 37.0 Å². The maximum Gasteiger partial charge on any atom is 0.224 e. The molecule has 0 aliphatic carbocycles. The lowest BCUT2D eigenvalue weighted by molar-refractivity contribution is -0.121. The van der Waals surface area contributed by atoms with E-state index >= 15 is 0 Å². The van der Waals surface area contributed by atoms with E-state index in [0.717, 1.165) is 22.8 Å². The Morgan fingerprint density at radius 1 is 1.38 bits per heavy atom. The second-order valence-corrected chi connectivity index (χ2v) is 4.99. The van der Waals surface area contributed by atoms with Crippen LogP contribution in [0.5, 0.6) is 5.75 Å². The molecule has 0 saturated heterocycles. The Balaban J connectivity index is 1.89. The van der Waals surface area contributed by atoms with E-state index in [1.165, 1.54) is 0 Å². The van der Waals surface area contributed by atoms with Crippen molar-refractivity contribution in [3.8, 4) is 5.75 Å². The first kappa shape index (κ1) is 15.1. The van der Waals surface area contributed by atoms with Gasteiger partial charge in [0.25, 0.3) is 0 Å². The fourth-order valence-electron chi connectivity index (χ4n) is 2.07. The Morgan fingerprint density at radius 3 is 2.67 bits per heavy atom. The minimum atomic E-state index is -0.131. The molecule has 21 heavy (non-hydrogen) atoms. The predicted molar refractivity (Wildman–Crippen MR) is 81.2 cm³/mol. The van der Waals surface area contributed by atoms with Crippen LogP contribution in [0.25, 0.3) is 0 Å². The molecule has 2 rings (SSSR count). The number of aromatic nitrogens is 2. The van der Waals surface area contributed by atoms with Crippen LogP contribution in [0.4, 0.5) is 0 Å². The van der Waals surface area contributed by atoms with Gasteiger partial charge in [0.2, 0.25) is 5.91 Å². The van der Waals surface area contributed by atoms with Crippen molar-refractivity contribution in [2.24, 2.45) is 0 Å². The summed E-state index contributed by atoms with van der Waals surface area (Å²) in [6.07, 6.45) is 2.10. The molecule has 0 fully saturated rings. The van der Waals surface area contributed by atoms with Crippen LogP contribution in [0, 0.1) is 6.92 Å². The Morgan fingerprint density at radius 2 is 2.10 bits per heavy atom. The standard InChI is InChI=1S/C16H21N3O2/c1-4-21-14-7-5-13(6-8-14)9-15(20)19-12(3)16-17-10-11(2)18-16/h5-8,10,12H,4,9H2,1-3H3,(H,17,18)(H,19,20)/t12-/m0/s1. The van der Waals surface area contributed by atoms with Crippen LogP contribution < -0.4 is 10.1 Å². The van der Waals surface area contributed by atoms with Gasteiger partial charge < -0.3 is 15.0 Å². The normalized spacial score (nSPS) is 12.0. The molecule has 5 nitrogen and oxygen atoms in total. The maximum atomic E-state index is 12.0. The van der Waals surface area contributed by atoms with E-state index < -0.39 is 0 Å². The lowest BCUT2D eigenvalue weighted by Gasteiger charge is -2.12. The van der Waals surface area contributed by atoms with Gasteiger partial charge in [0.15, 0.2) is 0 Å². The summed E-state index contributed by atoms with van der Waals surface area (Å²) in [4.78, 5) is 19.4. The minimum absolute atomic E-state index is 0.0271. The number of hydrogen-bond donors (Lipinski definition) is 2. The van der Waals surface area contributed by atoms with E-state index in [-0.39, 0.29) is 11.9 Å². The number of amides is 1. The van der Waals surface area contributed by atoms with Gasteiger partial charge in [-0.1, -0.05) is 12.1 Å². The lowest BCUT2D eigenvalue weighted by Crippen LogP contribution is -2.28. The molecule has 0 aliphatic rings. The second kappa shape index (κ2) is 6.92. The predicted octanol–water partition coefficient (Wildman–Crippen LogP) is 2.54. The molecular formula is C16H21N3O2. The van der Waals surface area contributed by atoms with Crippen molar-refractivity contribution in [1.82, 2.24) is 15.3 Å². The molecule has 1 amide bonds. The Labute approximate surface area is 124 Å². The molecule has 1 aromatic heterocycles. The van der Waals surface area contributed by atoms with Gasteiger partial charge in [0, 0.05) is 11.9 Å². The van der Waals surface area contributed by atoms with Gasteiger partial charge >= 0.3 is 0 Å². The average molecular weight is 287 g/mol. The molecule has 5 heteroatoms. The van der Waals surface area contributed by atoms with Gasteiger partial charge in [-0.25, -0.2) is 4.98 Å². The number of nitrogens with one attached hydrogen (secondary N) is 2. The quantitative estimate of drug-likeness (QED) is 0.858. The molecule has 1 aromatic carbocycles. The van der Waals surface area contributed by atoms with Crippen molar-refractivity contribution < 1.29 is 9.53 Å². The summed E-state index contributed by atoms with van der Waals surface area (Å²) < 4.78 is 5.38. The largest absolute Gasteiger partial charge is 0.494 e. The number of benzene rings is 1. The van der Waals surface area contributed by atoms with Crippen LogP contribution in [0.2, 0.25) is 0 Å². The highest BCUT2D eigenvalue weighted by Gasteiger charge is 2.12. The molecule has 0 aliphatic heterocycles. The summed E-state index contributed by atoms with van der Waals surface area (Å²) in [7, 11) is 0. The summed E-state index contributed by atoms with van der Waals surface area (Å²) in [5, 5.41) is 2.93. The van der Waals surface area contributed by atoms with Gasteiger partial charge in [-0.2, -0.15) is 0 Å². The summed E-state index contributed by atoms with van der Waals surface area (Å²) in [6, 6.07) is 7.45. The van der Waals surface area contributed by atoms with E-state index in [1.54, 1.807) is 6.20 Å². The highest BCUT2D eigenvalue weighted by molar-refractivity contribution is 5.78. The topological polar surface area (TPSA) is 67.0 Å². The molecule has 0 unspecified atom stereocenters. The molecule has 2 N–H and O–H groups in total. The first-order valence-electron chi connectivity index (χ1n) is 7.11. The van der Waals surface area contributed by atoms with Crippen LogP contribution in [-0.4, -0.2) is 22.5 Å². The summed E-state index contributed by atoms with van der Waals surface area (Å²) >= 11 is 0. The van der Waals surface area contributed by atoms with Crippen LogP contribution in [0.3, 0.4) is 0 Å². The number of nitrogens with zero attached hydrogens (tertiary/aromatic N) is 1. The number of rotatable bonds is 6. The zero-order valence-corrected chi connectivity index (χ0v) is 12.6. The van der Waals surface area contributed by atoms with Gasteiger partial charge in [-0.15, -0.1) is 0 Å². The Hall–Kier alpha value is -2.30. The van der Waals surface area contributed by atoms with Crippen LogP contribution >= 0.6 is 0 Å². The first-order chi connectivity index (χ1) is 10.1. The molecule has 1 heterocycles. The van der Waals surface area contributed by atoms with Crippen molar-refractivity contribution in [3.63, 3.8) is 0 Å². The third kappa shape index (κ3) is 4.34. The second-order valence-electron chi connectivity index (χ2n) is 4.99. The Bertz CT molecular complexity index is 590.